The molecule has 2 aromatic carbocycles. The molecule has 0 saturated heterocycles. The molecule has 180 valence electrons. The van der Waals surface area contributed by atoms with E-state index in [2.05, 4.69) is 21.0 Å². The van der Waals surface area contributed by atoms with Crippen LogP contribution >= 0.6 is 0 Å². The van der Waals surface area contributed by atoms with Gasteiger partial charge in [-0.25, -0.2) is 13.1 Å². The standard InChI is InChI=1S/C26H31N3O4S/c30-25(31)11-7-2-1-6-10-24-19-12-13-20(18-19)26(24)29-34(32,33)23-16-14-22(15-17-23)28-27-21-8-4-3-5-9-21/h1,3-6,8-9,14-17,19-20,24,26,29H,2,7,10-13,18H2,(H,30,31)/b6-1-,28-27?/t19-,20+,24+,26+/m0/s1. The van der Waals surface area contributed by atoms with Crippen LogP contribution in [0.15, 0.2) is 81.9 Å². The number of nitrogens with one attached hydrogen (secondary N) is 1. The van der Waals surface area contributed by atoms with Crippen molar-refractivity contribution in [3.05, 3.63) is 66.7 Å². The van der Waals surface area contributed by atoms with Gasteiger partial charge in [0.05, 0.1) is 16.3 Å². The maximum Gasteiger partial charge on any atom is 0.303 e. The van der Waals surface area contributed by atoms with E-state index >= 15 is 0 Å². The minimum atomic E-state index is -3.64. The summed E-state index contributed by atoms with van der Waals surface area (Å²) >= 11 is 0. The summed E-state index contributed by atoms with van der Waals surface area (Å²) in [5.41, 5.74) is 1.33. The van der Waals surface area contributed by atoms with Gasteiger partial charge in [0, 0.05) is 12.5 Å². The lowest BCUT2D eigenvalue weighted by molar-refractivity contribution is -0.137. The number of rotatable bonds is 11. The first kappa shape index (κ1) is 24.3. The van der Waals surface area contributed by atoms with Crippen LogP contribution in [0.1, 0.15) is 44.9 Å². The number of carbonyl (C=O) groups is 1. The Labute approximate surface area is 201 Å². The Bertz CT molecular complexity index is 1130. The number of sulfonamides is 1. The van der Waals surface area contributed by atoms with E-state index in [4.69, 9.17) is 5.11 Å². The average molecular weight is 482 g/mol. The first-order valence-corrected chi connectivity index (χ1v) is 13.4. The van der Waals surface area contributed by atoms with Gasteiger partial charge in [-0.3, -0.25) is 4.79 Å². The average Bonchev–Trinajstić information content (AvgIpc) is 3.43. The van der Waals surface area contributed by atoms with Gasteiger partial charge >= 0.3 is 5.97 Å². The largest absolute Gasteiger partial charge is 0.481 e. The zero-order valence-corrected chi connectivity index (χ0v) is 19.9. The second kappa shape index (κ2) is 11.1. The van der Waals surface area contributed by atoms with E-state index in [1.165, 1.54) is 0 Å². The number of allylic oxidation sites excluding steroid dienone is 2. The number of carboxylic acids is 1. The lowest BCUT2D eigenvalue weighted by Gasteiger charge is -2.31. The fraction of sp³-hybridized carbons (Fsp3) is 0.423. The highest BCUT2D eigenvalue weighted by Crippen LogP contribution is 2.50. The van der Waals surface area contributed by atoms with Crippen molar-refractivity contribution in [2.24, 2.45) is 28.0 Å². The van der Waals surface area contributed by atoms with E-state index in [9.17, 15) is 13.2 Å². The number of benzene rings is 2. The Morgan fingerprint density at radius 1 is 0.971 bits per heavy atom. The molecule has 4 rings (SSSR count). The topological polar surface area (TPSA) is 108 Å². The summed E-state index contributed by atoms with van der Waals surface area (Å²) in [5, 5.41) is 17.1. The van der Waals surface area contributed by atoms with Crippen molar-refractivity contribution in [2.45, 2.75) is 55.9 Å². The fourth-order valence-electron chi connectivity index (χ4n) is 5.22. The molecule has 2 aliphatic rings. The first-order chi connectivity index (χ1) is 16.4. The highest BCUT2D eigenvalue weighted by Gasteiger charge is 2.48. The van der Waals surface area contributed by atoms with E-state index in [0.29, 0.717) is 23.9 Å². The Hall–Kier alpha value is -2.84. The van der Waals surface area contributed by atoms with Gasteiger partial charge in [-0.05, 0) is 92.7 Å². The van der Waals surface area contributed by atoms with Gasteiger partial charge in [0.25, 0.3) is 0 Å². The molecular weight excluding hydrogens is 450 g/mol. The minimum absolute atomic E-state index is 0.0649. The normalized spacial score (nSPS) is 24.4. The van der Waals surface area contributed by atoms with Gasteiger partial charge < -0.3 is 5.11 Å². The van der Waals surface area contributed by atoms with Gasteiger partial charge in [-0.2, -0.15) is 10.2 Å². The van der Waals surface area contributed by atoms with Crippen molar-refractivity contribution < 1.29 is 18.3 Å². The van der Waals surface area contributed by atoms with Crippen LogP contribution in [0.3, 0.4) is 0 Å². The van der Waals surface area contributed by atoms with Gasteiger partial charge in [0.1, 0.15) is 0 Å². The molecular formula is C26H31N3O4S. The molecule has 0 unspecified atom stereocenters. The summed E-state index contributed by atoms with van der Waals surface area (Å²) in [5.74, 6) is 0.428. The second-order valence-corrected chi connectivity index (χ2v) is 10.9. The van der Waals surface area contributed by atoms with Crippen molar-refractivity contribution in [1.29, 1.82) is 0 Å². The van der Waals surface area contributed by atoms with Crippen molar-refractivity contribution in [2.75, 3.05) is 0 Å². The fourth-order valence-corrected chi connectivity index (χ4v) is 6.58. The molecule has 0 heterocycles. The minimum Gasteiger partial charge on any atom is -0.481 e. The molecule has 2 fully saturated rings. The van der Waals surface area contributed by atoms with Crippen LogP contribution in [0.4, 0.5) is 11.4 Å². The molecule has 8 heteroatoms. The lowest BCUT2D eigenvalue weighted by Crippen LogP contribution is -2.43. The van der Waals surface area contributed by atoms with Gasteiger partial charge in [0.15, 0.2) is 0 Å². The van der Waals surface area contributed by atoms with E-state index in [1.807, 2.05) is 36.4 Å². The number of fused-ring (bicyclic) bond motifs is 2. The molecule has 2 N–H and O–H groups in total. The van der Waals surface area contributed by atoms with Gasteiger partial charge in [-0.15, -0.1) is 0 Å². The van der Waals surface area contributed by atoms with Crippen LogP contribution in [0.2, 0.25) is 0 Å². The number of azo groups is 1. The maximum absolute atomic E-state index is 13.1. The number of nitrogens with zero attached hydrogens (tertiary/aromatic N) is 2. The monoisotopic (exact) mass is 481 g/mol. The van der Waals surface area contributed by atoms with E-state index in [0.717, 1.165) is 37.8 Å². The predicted octanol–water partition coefficient (Wildman–Crippen LogP) is 6.00. The third-order valence-corrected chi connectivity index (χ3v) is 8.38. The lowest BCUT2D eigenvalue weighted by atomic mass is 9.83. The smallest absolute Gasteiger partial charge is 0.303 e. The molecule has 0 radical (unpaired) electrons. The molecule has 34 heavy (non-hydrogen) atoms. The zero-order valence-electron chi connectivity index (χ0n) is 19.1. The molecule has 4 atom stereocenters. The summed E-state index contributed by atoms with van der Waals surface area (Å²) in [6.45, 7) is 0. The van der Waals surface area contributed by atoms with Crippen molar-refractivity contribution in [1.82, 2.24) is 4.72 Å². The van der Waals surface area contributed by atoms with Crippen molar-refractivity contribution >= 4 is 27.4 Å². The molecule has 0 amide bonds. The van der Waals surface area contributed by atoms with E-state index in [1.54, 1.807) is 24.3 Å². The summed E-state index contributed by atoms with van der Waals surface area (Å²) < 4.78 is 29.3. The Kier molecular flexibility index (Phi) is 7.90. The molecule has 0 aliphatic heterocycles. The summed E-state index contributed by atoms with van der Waals surface area (Å²) in [6, 6.07) is 15.8. The molecule has 2 bridgehead atoms. The van der Waals surface area contributed by atoms with Crippen molar-refractivity contribution in [3.8, 4) is 0 Å². The molecule has 7 nitrogen and oxygen atoms in total. The van der Waals surface area contributed by atoms with Crippen LogP contribution in [0, 0.1) is 17.8 Å². The Morgan fingerprint density at radius 2 is 1.65 bits per heavy atom. The maximum atomic E-state index is 13.1. The summed E-state index contributed by atoms with van der Waals surface area (Å²) in [4.78, 5) is 10.9. The molecule has 2 aromatic rings. The van der Waals surface area contributed by atoms with E-state index in [-0.39, 0.29) is 23.3 Å². The second-order valence-electron chi connectivity index (χ2n) is 9.17. The molecule has 0 aromatic heterocycles. The SMILES string of the molecule is O=C(O)CCC/C=C\C[C@@H]1[C@H]2CC[C@H](C2)[C@H]1NS(=O)(=O)c1ccc(N=Nc2ccccc2)cc1. The van der Waals surface area contributed by atoms with E-state index < -0.39 is 16.0 Å². The Morgan fingerprint density at radius 3 is 2.35 bits per heavy atom. The summed E-state index contributed by atoms with van der Waals surface area (Å²) in [7, 11) is -3.64. The van der Waals surface area contributed by atoms with Crippen LogP contribution in [0.5, 0.6) is 0 Å². The zero-order chi connectivity index (χ0) is 24.0. The van der Waals surface area contributed by atoms with Crippen LogP contribution in [-0.2, 0) is 14.8 Å². The molecule has 2 saturated carbocycles. The van der Waals surface area contributed by atoms with Crippen LogP contribution < -0.4 is 4.72 Å². The van der Waals surface area contributed by atoms with Gasteiger partial charge in [-0.1, -0.05) is 30.4 Å². The number of hydrogen-bond donors (Lipinski definition) is 2. The Balaban J connectivity index is 1.37. The third-order valence-electron chi connectivity index (χ3n) is 6.90. The highest BCUT2D eigenvalue weighted by atomic mass is 32.2. The molecule has 2 aliphatic carbocycles. The third kappa shape index (κ3) is 6.18. The number of unbranched alkanes of at least 4 members (excludes halogenated alkanes) is 1. The number of aliphatic carboxylic acids is 1. The quantitative estimate of drug-likeness (QED) is 0.233. The highest BCUT2D eigenvalue weighted by molar-refractivity contribution is 7.89. The first-order valence-electron chi connectivity index (χ1n) is 11.9. The summed E-state index contributed by atoms with van der Waals surface area (Å²) in [6.07, 6.45) is 9.77. The number of carboxylic acid groups (broad SMARTS) is 1. The molecule has 0 spiro atoms. The van der Waals surface area contributed by atoms with Crippen LogP contribution in [0.25, 0.3) is 0 Å². The number of hydrogen-bond acceptors (Lipinski definition) is 5. The predicted molar refractivity (Wildman–Crippen MR) is 131 cm³/mol. The van der Waals surface area contributed by atoms with Crippen LogP contribution in [-0.4, -0.2) is 25.5 Å². The van der Waals surface area contributed by atoms with Crippen molar-refractivity contribution in [3.63, 3.8) is 0 Å². The van der Waals surface area contributed by atoms with Gasteiger partial charge in [0.2, 0.25) is 10.0 Å².